The summed E-state index contributed by atoms with van der Waals surface area (Å²) in [6, 6.07) is 15.9. The second kappa shape index (κ2) is 7.17. The van der Waals surface area contributed by atoms with Crippen LogP contribution in [0.2, 0.25) is 5.02 Å². The van der Waals surface area contributed by atoms with Crippen LogP contribution in [-0.4, -0.2) is 27.6 Å². The van der Waals surface area contributed by atoms with Gasteiger partial charge in [0.25, 0.3) is 11.8 Å². The van der Waals surface area contributed by atoms with E-state index in [1.54, 1.807) is 6.21 Å². The second-order valence-electron chi connectivity index (χ2n) is 8.93. The van der Waals surface area contributed by atoms with Crippen molar-refractivity contribution >= 4 is 40.5 Å². The first-order valence-electron chi connectivity index (χ1n) is 11.0. The number of nitrogens with zero attached hydrogens (tertiary/aromatic N) is 3. The summed E-state index contributed by atoms with van der Waals surface area (Å²) >= 11 is 6.41. The van der Waals surface area contributed by atoms with E-state index in [1.807, 2.05) is 49.4 Å². The Morgan fingerprint density at radius 1 is 1.00 bits per heavy atom. The third-order valence-corrected chi connectivity index (χ3v) is 7.68. The van der Waals surface area contributed by atoms with E-state index in [2.05, 4.69) is 27.9 Å². The maximum Gasteiger partial charge on any atom is 0.254 e. The van der Waals surface area contributed by atoms with E-state index in [9.17, 15) is 9.59 Å². The van der Waals surface area contributed by atoms with Gasteiger partial charge in [0.1, 0.15) is 0 Å². The smallest absolute Gasteiger partial charge is 0.254 e. The first kappa shape index (κ1) is 19.5. The van der Waals surface area contributed by atoms with Crippen molar-refractivity contribution in [2.24, 2.45) is 28.8 Å². The molecule has 0 N–H and O–H groups in total. The van der Waals surface area contributed by atoms with Crippen molar-refractivity contribution in [3.63, 3.8) is 0 Å². The van der Waals surface area contributed by atoms with Crippen LogP contribution in [0.1, 0.15) is 23.2 Å². The highest BCUT2D eigenvalue weighted by Crippen LogP contribution is 2.52. The van der Waals surface area contributed by atoms with Crippen molar-refractivity contribution in [1.82, 2.24) is 9.58 Å². The number of amides is 2. The molecule has 1 saturated carbocycles. The fraction of sp³-hybridized carbons (Fsp3) is 0.269. The first-order chi connectivity index (χ1) is 15.5. The summed E-state index contributed by atoms with van der Waals surface area (Å²) in [4.78, 5) is 26.0. The number of hydrogen-bond donors (Lipinski definition) is 0. The number of para-hydroxylation sites is 1. The van der Waals surface area contributed by atoms with E-state index in [4.69, 9.17) is 11.6 Å². The largest absolute Gasteiger partial charge is 0.340 e. The van der Waals surface area contributed by atoms with Crippen LogP contribution in [-0.2, 0) is 16.1 Å². The topological polar surface area (TPSA) is 54.7 Å². The molecule has 3 aromatic rings. The maximum atomic E-state index is 13.0. The Morgan fingerprint density at radius 3 is 2.38 bits per heavy atom. The van der Waals surface area contributed by atoms with Crippen LogP contribution < -0.4 is 0 Å². The van der Waals surface area contributed by atoms with Gasteiger partial charge in [0.15, 0.2) is 0 Å². The summed E-state index contributed by atoms with van der Waals surface area (Å²) in [6.07, 6.45) is 6.78. The van der Waals surface area contributed by atoms with Gasteiger partial charge in [-0.05, 0) is 42.9 Å². The molecule has 5 nitrogen and oxygen atoms in total. The molecule has 32 heavy (non-hydrogen) atoms. The lowest BCUT2D eigenvalue weighted by atomic mass is 9.85. The van der Waals surface area contributed by atoms with Gasteiger partial charge in [-0.3, -0.25) is 9.59 Å². The molecule has 0 spiro atoms. The standard InChI is InChI=1S/C26H22ClN3O2/c1-15-20(13-28-30-25(31)23-16-10-11-17(12-16)24(23)26(30)32)19-7-3-5-9-22(19)29(15)14-18-6-2-4-8-21(18)27/h2-11,13,16-17,23-24H,12,14H2,1H3/b28-13-/t16-,17-,23-,24-/m0/s1. The minimum absolute atomic E-state index is 0.162. The average molecular weight is 444 g/mol. The third-order valence-electron chi connectivity index (χ3n) is 7.32. The molecule has 6 heteroatoms. The van der Waals surface area contributed by atoms with Gasteiger partial charge in [-0.15, -0.1) is 0 Å². The summed E-state index contributed by atoms with van der Waals surface area (Å²) in [5.74, 6) is -0.437. The van der Waals surface area contributed by atoms with E-state index < -0.39 is 0 Å². The average Bonchev–Trinajstić information content (AvgIpc) is 3.53. The highest BCUT2D eigenvalue weighted by atomic mass is 35.5. The molecule has 6 rings (SSSR count). The fourth-order valence-electron chi connectivity index (χ4n) is 5.74. The van der Waals surface area contributed by atoms with Crippen molar-refractivity contribution in [1.29, 1.82) is 0 Å². The molecule has 1 saturated heterocycles. The van der Waals surface area contributed by atoms with Crippen molar-refractivity contribution in [3.8, 4) is 0 Å². The zero-order valence-corrected chi connectivity index (χ0v) is 18.4. The molecular weight excluding hydrogens is 422 g/mol. The van der Waals surface area contributed by atoms with E-state index in [1.165, 1.54) is 0 Å². The molecular formula is C26H22ClN3O2. The number of hydrogen-bond acceptors (Lipinski definition) is 3. The Balaban J connectivity index is 1.37. The molecule has 0 radical (unpaired) electrons. The fourth-order valence-corrected chi connectivity index (χ4v) is 5.93. The summed E-state index contributed by atoms with van der Waals surface area (Å²) in [5.41, 5.74) is 4.01. The number of halogens is 1. The Morgan fingerprint density at radius 2 is 1.66 bits per heavy atom. The third kappa shape index (κ3) is 2.74. The van der Waals surface area contributed by atoms with Crippen LogP contribution in [0.3, 0.4) is 0 Å². The number of fused-ring (bicyclic) bond motifs is 6. The quantitative estimate of drug-likeness (QED) is 0.330. The molecule has 2 aromatic carbocycles. The number of aromatic nitrogens is 1. The van der Waals surface area contributed by atoms with Gasteiger partial charge in [0.05, 0.1) is 18.1 Å². The first-order valence-corrected chi connectivity index (χ1v) is 11.3. The molecule has 1 aliphatic heterocycles. The Labute approximate surface area is 191 Å². The van der Waals surface area contributed by atoms with Gasteiger partial charge in [-0.1, -0.05) is 60.2 Å². The molecule has 160 valence electrons. The van der Waals surface area contributed by atoms with Crippen LogP contribution in [0.5, 0.6) is 0 Å². The number of rotatable bonds is 4. The number of allylic oxidation sites excluding steroid dienone is 2. The van der Waals surface area contributed by atoms with Crippen molar-refractivity contribution in [2.45, 2.75) is 19.9 Å². The Bertz CT molecular complexity index is 1310. The minimum atomic E-state index is -0.239. The van der Waals surface area contributed by atoms with E-state index in [-0.39, 0.29) is 35.5 Å². The maximum absolute atomic E-state index is 13.0. The monoisotopic (exact) mass is 443 g/mol. The number of hydrazone groups is 1. The molecule has 2 heterocycles. The molecule has 2 fully saturated rings. The number of benzene rings is 2. The molecule has 1 aromatic heterocycles. The second-order valence-corrected chi connectivity index (χ2v) is 9.33. The zero-order chi connectivity index (χ0) is 22.0. The summed E-state index contributed by atoms with van der Waals surface area (Å²) in [6.45, 7) is 2.66. The van der Waals surface area contributed by atoms with E-state index >= 15 is 0 Å². The van der Waals surface area contributed by atoms with Crippen LogP contribution in [0.4, 0.5) is 0 Å². The van der Waals surface area contributed by atoms with Gasteiger partial charge < -0.3 is 4.57 Å². The van der Waals surface area contributed by atoms with Crippen LogP contribution >= 0.6 is 11.6 Å². The van der Waals surface area contributed by atoms with Crippen LogP contribution in [0.25, 0.3) is 10.9 Å². The molecule has 3 aliphatic rings. The van der Waals surface area contributed by atoms with Crippen molar-refractivity contribution in [2.75, 3.05) is 0 Å². The normalized spacial score (nSPS) is 26.2. The minimum Gasteiger partial charge on any atom is -0.340 e. The predicted octanol–water partition coefficient (Wildman–Crippen LogP) is 4.79. The SMILES string of the molecule is Cc1c(/C=N\N2C(=O)[C@@H]3[C@@H](C2=O)[C@H]2C=C[C@H]3C2)c2ccccc2n1Cc1ccccc1Cl. The van der Waals surface area contributed by atoms with Crippen molar-refractivity contribution in [3.05, 3.63) is 82.5 Å². The van der Waals surface area contributed by atoms with Gasteiger partial charge >= 0.3 is 0 Å². The zero-order valence-electron chi connectivity index (χ0n) is 17.6. The number of carbonyl (C=O) groups excluding carboxylic acids is 2. The summed E-state index contributed by atoms with van der Waals surface area (Å²) in [7, 11) is 0. The summed E-state index contributed by atoms with van der Waals surface area (Å²) in [5, 5.41) is 7.29. The van der Waals surface area contributed by atoms with E-state index in [0.29, 0.717) is 6.54 Å². The molecule has 4 atom stereocenters. The molecule has 2 bridgehead atoms. The summed E-state index contributed by atoms with van der Waals surface area (Å²) < 4.78 is 2.20. The van der Waals surface area contributed by atoms with Crippen LogP contribution in [0.15, 0.2) is 65.8 Å². The predicted molar refractivity (Wildman–Crippen MR) is 124 cm³/mol. The van der Waals surface area contributed by atoms with Crippen LogP contribution in [0, 0.1) is 30.6 Å². The lowest BCUT2D eigenvalue weighted by molar-refractivity contribution is -0.140. The van der Waals surface area contributed by atoms with Gasteiger partial charge in [0.2, 0.25) is 0 Å². The highest BCUT2D eigenvalue weighted by Gasteiger charge is 2.59. The van der Waals surface area contributed by atoms with Crippen molar-refractivity contribution < 1.29 is 9.59 Å². The Kier molecular flexibility index (Phi) is 4.37. The van der Waals surface area contributed by atoms with Gasteiger partial charge in [-0.2, -0.15) is 10.1 Å². The molecule has 0 unspecified atom stereocenters. The van der Waals surface area contributed by atoms with E-state index in [0.717, 1.165) is 44.2 Å². The molecule has 2 amide bonds. The van der Waals surface area contributed by atoms with Gasteiger partial charge in [0, 0.05) is 33.7 Å². The lowest BCUT2D eigenvalue weighted by Crippen LogP contribution is -2.28. The Hall–Kier alpha value is -3.18. The number of carbonyl (C=O) groups is 2. The lowest BCUT2D eigenvalue weighted by Gasteiger charge is -2.13. The molecule has 2 aliphatic carbocycles. The highest BCUT2D eigenvalue weighted by molar-refractivity contribution is 6.31. The van der Waals surface area contributed by atoms with Gasteiger partial charge in [-0.25, -0.2) is 0 Å². The number of imide groups is 1.